The van der Waals surface area contributed by atoms with Crippen molar-refractivity contribution in [2.24, 2.45) is 16.9 Å². The van der Waals surface area contributed by atoms with E-state index >= 15 is 0 Å². The highest BCUT2D eigenvalue weighted by molar-refractivity contribution is 6.75. The predicted molar refractivity (Wildman–Crippen MR) is 33.8 cm³/mol. The highest BCUT2D eigenvalue weighted by Gasteiger charge is 2.19. The lowest BCUT2D eigenvalue weighted by atomic mass is 11.2. The molecule has 0 aromatic heterocycles. The van der Waals surface area contributed by atoms with Crippen LogP contribution in [0.3, 0.4) is 0 Å². The summed E-state index contributed by atoms with van der Waals surface area (Å²) < 4.78 is 0. The highest BCUT2D eigenvalue weighted by Crippen LogP contribution is 1.88. The van der Waals surface area contributed by atoms with Gasteiger partial charge in [-0.25, -0.2) is 0 Å². The Kier molecular flexibility index (Phi) is 1.94. The molecule has 3 nitrogen and oxygen atoms in total. The summed E-state index contributed by atoms with van der Waals surface area (Å²) in [6, 6.07) is 0. The van der Waals surface area contributed by atoms with Crippen molar-refractivity contribution in [2.45, 2.75) is 18.9 Å². The van der Waals surface area contributed by atoms with Gasteiger partial charge in [0.05, 0.1) is 5.79 Å². The molecule has 7 heavy (non-hydrogen) atoms. The Bertz CT molecular complexity index is 55.7. The van der Waals surface area contributed by atoms with Gasteiger partial charge in [-0.1, -0.05) is 13.1 Å². The van der Waals surface area contributed by atoms with E-state index in [1.807, 2.05) is 13.1 Å². The van der Waals surface area contributed by atoms with Crippen LogP contribution in [0.15, 0.2) is 0 Å². The molecule has 0 fully saturated rings. The molecule has 0 heterocycles. The number of rotatable bonds is 1. The molecule has 0 aromatic rings. The summed E-state index contributed by atoms with van der Waals surface area (Å²) in [6.07, 6.45) is 0. The van der Waals surface area contributed by atoms with Crippen LogP contribution in [-0.2, 0) is 0 Å². The average Bonchev–Trinajstić information content (AvgIpc) is 1.31. The molecule has 6 N–H and O–H groups in total. The molecule has 0 bridgehead atoms. The minimum Gasteiger partial charge on any atom is -0.349 e. The average molecular weight is 119 g/mol. The second-order valence-corrected chi connectivity index (χ2v) is 6.66. The van der Waals surface area contributed by atoms with E-state index in [0.29, 0.717) is 0 Å². The number of nitrogens with two attached hydrogens (primary N) is 3. The molecule has 0 aliphatic carbocycles. The van der Waals surface area contributed by atoms with Crippen molar-refractivity contribution in [3.05, 3.63) is 0 Å². The quantitative estimate of drug-likeness (QED) is 0.304. The molecule has 0 radical (unpaired) electrons. The zero-order chi connectivity index (χ0) is 6.08. The maximum atomic E-state index is 5.57. The van der Waals surface area contributed by atoms with E-state index in [1.54, 1.807) is 0 Å². The van der Waals surface area contributed by atoms with Gasteiger partial charge in [-0.05, 0) is 0 Å². The predicted octanol–water partition coefficient (Wildman–Crippen LogP) is -1.07. The lowest BCUT2D eigenvalue weighted by Gasteiger charge is -2.18. The van der Waals surface area contributed by atoms with Crippen LogP contribution in [-0.4, -0.2) is 14.0 Å². The van der Waals surface area contributed by atoms with Gasteiger partial charge in [0.25, 0.3) is 0 Å². The first-order chi connectivity index (χ1) is 2.94. The van der Waals surface area contributed by atoms with Crippen LogP contribution in [0.2, 0.25) is 13.1 Å². The maximum absolute atomic E-state index is 5.57. The number of hydrogen-bond acceptors (Lipinski definition) is 3. The largest absolute Gasteiger partial charge is 0.349 e. The van der Waals surface area contributed by atoms with Crippen LogP contribution < -0.4 is 16.9 Å². The van der Waals surface area contributed by atoms with Gasteiger partial charge in [0.15, 0.2) is 0 Å². The summed E-state index contributed by atoms with van der Waals surface area (Å²) in [6.45, 7) is 3.86. The number of hydrogen-bond donors (Lipinski definition) is 3. The Balaban J connectivity index is 3.54. The van der Waals surface area contributed by atoms with Crippen LogP contribution in [0.25, 0.3) is 0 Å². The normalized spacial score (nSPS) is 12.9. The lowest BCUT2D eigenvalue weighted by Crippen LogP contribution is -2.60. The van der Waals surface area contributed by atoms with Gasteiger partial charge in [-0.2, -0.15) is 0 Å². The van der Waals surface area contributed by atoms with Crippen LogP contribution in [0, 0.1) is 0 Å². The second kappa shape index (κ2) is 1.91. The molecule has 0 aromatic carbocycles. The van der Waals surface area contributed by atoms with Crippen LogP contribution in [0.4, 0.5) is 0 Å². The summed E-state index contributed by atoms with van der Waals surface area (Å²) in [7, 11) is -1.68. The van der Waals surface area contributed by atoms with Gasteiger partial charge in [-0.3, -0.25) is 0 Å². The van der Waals surface area contributed by atoms with E-state index in [9.17, 15) is 0 Å². The van der Waals surface area contributed by atoms with Gasteiger partial charge in [-0.15, -0.1) is 0 Å². The molecular formula is C3H13N3Si. The first kappa shape index (κ1) is 7.10. The van der Waals surface area contributed by atoms with Gasteiger partial charge < -0.3 is 16.9 Å². The third kappa shape index (κ3) is 2.75. The molecule has 0 aliphatic rings. The Morgan fingerprint density at radius 3 is 1.43 bits per heavy atom. The fourth-order valence-electron chi connectivity index (χ4n) is 0. The SMILES string of the molecule is C[Si](C)(N)C(N)N. The first-order valence-corrected chi connectivity index (χ1v) is 5.40. The van der Waals surface area contributed by atoms with Gasteiger partial charge in [0, 0.05) is 0 Å². The highest BCUT2D eigenvalue weighted by atomic mass is 28.3. The van der Waals surface area contributed by atoms with Crippen molar-refractivity contribution < 1.29 is 0 Å². The smallest absolute Gasteiger partial charge is 0.150 e. The molecular weight excluding hydrogens is 106 g/mol. The molecule has 0 saturated heterocycles. The Labute approximate surface area is 44.9 Å². The van der Waals surface area contributed by atoms with E-state index in [1.165, 1.54) is 0 Å². The Morgan fingerprint density at radius 1 is 1.29 bits per heavy atom. The van der Waals surface area contributed by atoms with Crippen LogP contribution in [0.1, 0.15) is 0 Å². The van der Waals surface area contributed by atoms with E-state index in [0.717, 1.165) is 0 Å². The fraction of sp³-hybridized carbons (Fsp3) is 1.00. The molecule has 0 aliphatic heterocycles. The van der Waals surface area contributed by atoms with Crippen LogP contribution >= 0.6 is 0 Å². The Hall–Kier alpha value is 0.0969. The Morgan fingerprint density at radius 2 is 1.43 bits per heavy atom. The van der Waals surface area contributed by atoms with Gasteiger partial charge in [0.2, 0.25) is 0 Å². The summed E-state index contributed by atoms with van der Waals surface area (Å²) in [4.78, 5) is 0. The summed E-state index contributed by atoms with van der Waals surface area (Å²) in [5, 5.41) is 5.57. The van der Waals surface area contributed by atoms with Gasteiger partial charge in [0.1, 0.15) is 8.24 Å². The zero-order valence-corrected chi connectivity index (χ0v) is 5.81. The molecule has 0 saturated carbocycles. The summed E-state index contributed by atoms with van der Waals surface area (Å²) in [5.74, 6) is -0.285. The van der Waals surface area contributed by atoms with E-state index in [4.69, 9.17) is 16.9 Å². The van der Waals surface area contributed by atoms with Crippen molar-refractivity contribution in [2.75, 3.05) is 0 Å². The maximum Gasteiger partial charge on any atom is 0.150 e. The molecule has 4 heteroatoms. The monoisotopic (exact) mass is 119 g/mol. The van der Waals surface area contributed by atoms with Crippen molar-refractivity contribution in [1.82, 2.24) is 0 Å². The van der Waals surface area contributed by atoms with E-state index < -0.39 is 8.24 Å². The van der Waals surface area contributed by atoms with E-state index in [-0.39, 0.29) is 5.79 Å². The van der Waals surface area contributed by atoms with E-state index in [2.05, 4.69) is 0 Å². The molecule has 0 unspecified atom stereocenters. The lowest BCUT2D eigenvalue weighted by molar-refractivity contribution is 0.913. The molecule has 0 amide bonds. The third-order valence-electron chi connectivity index (χ3n) is 0.859. The van der Waals surface area contributed by atoms with Crippen molar-refractivity contribution in [3.8, 4) is 0 Å². The second-order valence-electron chi connectivity index (χ2n) is 2.35. The molecule has 44 valence electrons. The minimum absolute atomic E-state index is 0.285. The zero-order valence-electron chi connectivity index (χ0n) is 4.81. The van der Waals surface area contributed by atoms with Gasteiger partial charge >= 0.3 is 0 Å². The molecule has 0 atom stereocenters. The van der Waals surface area contributed by atoms with Crippen molar-refractivity contribution >= 4 is 8.24 Å². The topological polar surface area (TPSA) is 78.1 Å². The van der Waals surface area contributed by atoms with Crippen molar-refractivity contribution in [3.63, 3.8) is 0 Å². The summed E-state index contributed by atoms with van der Waals surface area (Å²) >= 11 is 0. The summed E-state index contributed by atoms with van der Waals surface area (Å²) in [5.41, 5.74) is 10.6. The standard InChI is InChI=1S/C3H13N3Si/c1-7(2,6)3(4)5/h3H,4-6H2,1-2H3. The molecule has 0 rings (SSSR count). The van der Waals surface area contributed by atoms with Crippen molar-refractivity contribution in [1.29, 1.82) is 0 Å². The van der Waals surface area contributed by atoms with Crippen LogP contribution in [0.5, 0.6) is 0 Å². The minimum atomic E-state index is -1.68. The third-order valence-corrected chi connectivity index (χ3v) is 2.58. The fourth-order valence-corrected chi connectivity index (χ4v) is 0. The first-order valence-electron chi connectivity index (χ1n) is 2.24. The molecule has 0 spiro atoms.